The molecule has 0 aromatic heterocycles. The summed E-state index contributed by atoms with van der Waals surface area (Å²) in [4.78, 5) is 16.1. The Bertz CT molecular complexity index is 1170. The Labute approximate surface area is 293 Å². The predicted octanol–water partition coefficient (Wildman–Crippen LogP) is 3.78. The first-order valence-electron chi connectivity index (χ1n) is 18.2. The molecule has 12 nitrogen and oxygen atoms in total. The molecule has 3 saturated heterocycles. The Morgan fingerprint density at radius 2 is 1.59 bits per heavy atom. The maximum atomic E-state index is 14.1. The summed E-state index contributed by atoms with van der Waals surface area (Å²) in [5.41, 5.74) is -0.930. The van der Waals surface area contributed by atoms with Crippen LogP contribution in [0.15, 0.2) is 11.3 Å². The van der Waals surface area contributed by atoms with Crippen LogP contribution in [-0.4, -0.2) is 126 Å². The van der Waals surface area contributed by atoms with Crippen LogP contribution in [0.2, 0.25) is 0 Å². The minimum Gasteiger partial charge on any atom is -0.489 e. The standard InChI is InChI=1S/C37H65NO11/c1-14-26-20(4)28(39)21(5)30-18(2)16-37(10,49-30)33(48-35-29(40)25(38(11)12)15-19(3)44-35)22(6)31(23(7)34(42)46-26)47-27-17-36(9,43-13)32(41)24(8)45-27/h19-29,31-33,35,39-41H,14-17H2,1-13H3/t19?,20-,21+,22-,23+,24?,25?,26+,27+,28+,29+,31-,32+,33+,35+,36+,37-/m0/s1. The van der Waals surface area contributed by atoms with E-state index in [1.165, 1.54) is 0 Å². The van der Waals surface area contributed by atoms with Crippen LogP contribution >= 0.6 is 0 Å². The molecule has 12 heteroatoms. The fourth-order valence-electron chi connectivity index (χ4n) is 8.67. The maximum absolute atomic E-state index is 14.1. The van der Waals surface area contributed by atoms with Crippen LogP contribution in [0.1, 0.15) is 94.9 Å². The van der Waals surface area contributed by atoms with Gasteiger partial charge in [0.05, 0.1) is 35.9 Å². The molecule has 0 radical (unpaired) electrons. The van der Waals surface area contributed by atoms with E-state index < -0.39 is 84.3 Å². The summed E-state index contributed by atoms with van der Waals surface area (Å²) in [5.74, 6) is -1.87. The summed E-state index contributed by atoms with van der Waals surface area (Å²) < 4.78 is 45.0. The summed E-state index contributed by atoms with van der Waals surface area (Å²) in [5, 5.41) is 34.1. The Balaban J connectivity index is 1.82. The number of nitrogens with zero attached hydrogens (tertiary/aromatic N) is 1. The molecular weight excluding hydrogens is 634 g/mol. The van der Waals surface area contributed by atoms with Gasteiger partial charge in [0.25, 0.3) is 0 Å². The lowest BCUT2D eigenvalue weighted by atomic mass is 9.79. The number of likely N-dealkylation sites (N-methyl/N-ethyl adjacent to an activating group) is 1. The van der Waals surface area contributed by atoms with E-state index in [0.717, 1.165) is 5.57 Å². The van der Waals surface area contributed by atoms with Gasteiger partial charge in [0.1, 0.15) is 35.8 Å². The number of esters is 1. The van der Waals surface area contributed by atoms with Crippen LogP contribution in [0.3, 0.4) is 0 Å². The van der Waals surface area contributed by atoms with E-state index in [-0.39, 0.29) is 30.4 Å². The van der Waals surface area contributed by atoms with Gasteiger partial charge in [-0.15, -0.1) is 0 Å². The SMILES string of the molecule is CC[C@H]1OC(=O)[C@H](C)[C@@H](O[C@@H]2C[C@@](C)(OC)[C@H](O)C(C)O2)[C@H](C)[C@@H](O[C@H]2OC(C)CC(N(C)C)[C@H]2O)[C@]2(C)CC(C)=C(O2)[C@H](C)[C@H](O)[C@H]1C. The topological polar surface area (TPSA) is 146 Å². The highest BCUT2D eigenvalue weighted by atomic mass is 16.7. The third kappa shape index (κ3) is 8.18. The average molecular weight is 700 g/mol. The number of fused-ring (bicyclic) bond motifs is 2. The van der Waals surface area contributed by atoms with Crippen molar-refractivity contribution in [3.63, 3.8) is 0 Å². The second-order valence-corrected chi connectivity index (χ2v) is 16.1. The van der Waals surface area contributed by atoms with E-state index in [4.69, 9.17) is 33.2 Å². The van der Waals surface area contributed by atoms with Crippen LogP contribution in [0.25, 0.3) is 0 Å². The van der Waals surface area contributed by atoms with E-state index in [2.05, 4.69) is 0 Å². The summed E-state index contributed by atoms with van der Waals surface area (Å²) in [6.07, 6.45) is -5.56. The zero-order valence-corrected chi connectivity index (χ0v) is 32.0. The van der Waals surface area contributed by atoms with Crippen molar-refractivity contribution in [1.82, 2.24) is 4.90 Å². The van der Waals surface area contributed by atoms with Crippen molar-refractivity contribution in [2.75, 3.05) is 21.2 Å². The molecule has 0 spiro atoms. The van der Waals surface area contributed by atoms with E-state index >= 15 is 0 Å². The van der Waals surface area contributed by atoms with Crippen LogP contribution in [0.4, 0.5) is 0 Å². The molecular formula is C37H65NO11. The smallest absolute Gasteiger partial charge is 0.311 e. The minimum absolute atomic E-state index is 0.183. The molecule has 17 atom stereocenters. The van der Waals surface area contributed by atoms with Gasteiger partial charge in [-0.25, -0.2) is 0 Å². The Morgan fingerprint density at radius 3 is 2.18 bits per heavy atom. The molecule has 49 heavy (non-hydrogen) atoms. The maximum Gasteiger partial charge on any atom is 0.311 e. The predicted molar refractivity (Wildman–Crippen MR) is 182 cm³/mol. The molecule has 4 aliphatic rings. The van der Waals surface area contributed by atoms with Gasteiger partial charge in [0, 0.05) is 43.7 Å². The number of hydrogen-bond acceptors (Lipinski definition) is 12. The first-order valence-corrected chi connectivity index (χ1v) is 18.2. The highest BCUT2D eigenvalue weighted by Crippen LogP contribution is 2.47. The van der Waals surface area contributed by atoms with Crippen molar-refractivity contribution < 1.29 is 53.3 Å². The number of carbonyl (C=O) groups excluding carboxylic acids is 1. The Hall–Kier alpha value is -1.35. The molecule has 0 saturated carbocycles. The number of aliphatic hydroxyl groups is 3. The van der Waals surface area contributed by atoms with Crippen molar-refractivity contribution in [2.24, 2.45) is 23.7 Å². The number of hydrogen-bond donors (Lipinski definition) is 3. The van der Waals surface area contributed by atoms with Gasteiger partial charge in [-0.2, -0.15) is 0 Å². The molecule has 2 bridgehead atoms. The van der Waals surface area contributed by atoms with Gasteiger partial charge in [-0.1, -0.05) is 27.7 Å². The number of rotatable bonds is 7. The largest absolute Gasteiger partial charge is 0.489 e. The molecule has 0 aromatic carbocycles. The quantitative estimate of drug-likeness (QED) is 0.333. The fraction of sp³-hybridized carbons (Fsp3) is 0.919. The monoisotopic (exact) mass is 699 g/mol. The number of methoxy groups -OCH3 is 1. The molecule has 3 unspecified atom stereocenters. The van der Waals surface area contributed by atoms with Crippen molar-refractivity contribution >= 4 is 5.97 Å². The lowest BCUT2D eigenvalue weighted by molar-refractivity contribution is -0.316. The molecule has 0 aromatic rings. The number of cyclic esters (lactones) is 1. The minimum atomic E-state index is -0.989. The molecule has 0 amide bonds. The highest BCUT2D eigenvalue weighted by molar-refractivity contribution is 5.73. The number of carbonyl (C=O) groups is 1. The van der Waals surface area contributed by atoms with Crippen LogP contribution in [0.5, 0.6) is 0 Å². The third-order valence-electron chi connectivity index (χ3n) is 11.9. The summed E-state index contributed by atoms with van der Waals surface area (Å²) >= 11 is 0. The number of ether oxygens (including phenoxy) is 7. The second-order valence-electron chi connectivity index (χ2n) is 16.1. The molecule has 4 aliphatic heterocycles. The van der Waals surface area contributed by atoms with Crippen LogP contribution in [-0.2, 0) is 38.0 Å². The number of aliphatic hydroxyl groups excluding tert-OH is 3. The molecule has 4 heterocycles. The van der Waals surface area contributed by atoms with Crippen LogP contribution < -0.4 is 0 Å². The lowest BCUT2D eigenvalue weighted by Gasteiger charge is -2.48. The Kier molecular flexibility index (Phi) is 13.0. The van der Waals surface area contributed by atoms with Crippen molar-refractivity contribution in [1.29, 1.82) is 0 Å². The zero-order chi connectivity index (χ0) is 36.7. The molecule has 0 aliphatic carbocycles. The van der Waals surface area contributed by atoms with E-state index in [9.17, 15) is 20.1 Å². The van der Waals surface area contributed by atoms with Crippen LogP contribution in [0, 0.1) is 23.7 Å². The second kappa shape index (κ2) is 15.7. The van der Waals surface area contributed by atoms with Crippen molar-refractivity contribution in [3.8, 4) is 0 Å². The average Bonchev–Trinajstić information content (AvgIpc) is 3.36. The molecule has 4 rings (SSSR count). The van der Waals surface area contributed by atoms with Gasteiger partial charge in [0.15, 0.2) is 12.6 Å². The molecule has 3 N–H and O–H groups in total. The van der Waals surface area contributed by atoms with Gasteiger partial charge in [-0.05, 0) is 74.1 Å². The van der Waals surface area contributed by atoms with E-state index in [0.29, 0.717) is 25.0 Å². The van der Waals surface area contributed by atoms with Gasteiger partial charge in [0.2, 0.25) is 0 Å². The lowest BCUT2D eigenvalue weighted by Crippen LogP contribution is -2.60. The highest BCUT2D eigenvalue weighted by Gasteiger charge is 2.55. The van der Waals surface area contributed by atoms with Gasteiger partial charge in [-0.3, -0.25) is 4.79 Å². The summed E-state index contributed by atoms with van der Waals surface area (Å²) in [7, 11) is 5.40. The first kappa shape index (κ1) is 40.4. The first-order chi connectivity index (χ1) is 22.8. The van der Waals surface area contributed by atoms with Crippen molar-refractivity contribution in [2.45, 2.75) is 174 Å². The molecule has 3 fully saturated rings. The normalized spacial score (nSPS) is 48.8. The Morgan fingerprint density at radius 1 is 0.939 bits per heavy atom. The van der Waals surface area contributed by atoms with Gasteiger partial charge >= 0.3 is 5.97 Å². The van der Waals surface area contributed by atoms with Crippen molar-refractivity contribution in [3.05, 3.63) is 11.3 Å². The summed E-state index contributed by atoms with van der Waals surface area (Å²) in [6.45, 7) is 19.0. The summed E-state index contributed by atoms with van der Waals surface area (Å²) in [6, 6.07) is -0.203. The fourth-order valence-corrected chi connectivity index (χ4v) is 8.67. The third-order valence-corrected chi connectivity index (χ3v) is 11.9. The molecule has 284 valence electrons. The zero-order valence-electron chi connectivity index (χ0n) is 32.0. The van der Waals surface area contributed by atoms with E-state index in [1.807, 2.05) is 74.4 Å². The van der Waals surface area contributed by atoms with E-state index in [1.54, 1.807) is 21.0 Å². The van der Waals surface area contributed by atoms with Gasteiger partial charge < -0.3 is 53.4 Å².